The van der Waals surface area contributed by atoms with Crippen molar-refractivity contribution < 1.29 is 18.5 Å². The Morgan fingerprint density at radius 3 is 2.67 bits per heavy atom. The minimum absolute atomic E-state index is 0.0721. The van der Waals surface area contributed by atoms with Gasteiger partial charge in [-0.05, 0) is 6.07 Å². The number of carbonyl (C=O) groups excluding carboxylic acids is 1. The Bertz CT molecular complexity index is 716. The first-order valence-electron chi connectivity index (χ1n) is 5.59. The van der Waals surface area contributed by atoms with Gasteiger partial charge in [-0.1, -0.05) is 0 Å². The van der Waals surface area contributed by atoms with Crippen LogP contribution in [0, 0.1) is 21.7 Å². The number of aromatic amines is 1. The van der Waals surface area contributed by atoms with Crippen LogP contribution in [0.25, 0.3) is 0 Å². The van der Waals surface area contributed by atoms with Crippen molar-refractivity contribution in [3.05, 3.63) is 51.2 Å². The summed E-state index contributed by atoms with van der Waals surface area (Å²) in [5.41, 5.74) is 4.54. The van der Waals surface area contributed by atoms with Crippen LogP contribution in [0.5, 0.6) is 0 Å². The molecule has 0 spiro atoms. The number of nitro benzene ring substituents is 1. The summed E-state index contributed by atoms with van der Waals surface area (Å²) in [4.78, 5) is 21.7. The summed E-state index contributed by atoms with van der Waals surface area (Å²) in [6, 6.07) is 0.831. The van der Waals surface area contributed by atoms with Gasteiger partial charge in [-0.3, -0.25) is 20.0 Å². The number of amides is 1. The van der Waals surface area contributed by atoms with E-state index in [4.69, 9.17) is 5.73 Å². The molecule has 0 radical (unpaired) electrons. The standard InChI is InChI=1S/C11H9F2N5O3/c12-7-1-6(9(18(20)21)2-8(7)13)11(19)15-3-5-4-16-17-10(5)14/h1-2,4H,3H2,(H,15,19)(H3,14,16,17). The number of nitrogens with two attached hydrogens (primary N) is 1. The van der Waals surface area contributed by atoms with E-state index in [-0.39, 0.29) is 12.4 Å². The summed E-state index contributed by atoms with van der Waals surface area (Å²) in [6.45, 7) is -0.0721. The molecule has 1 amide bonds. The third-order valence-corrected chi connectivity index (χ3v) is 2.67. The Labute approximate surface area is 116 Å². The van der Waals surface area contributed by atoms with Crippen LogP contribution in [0.1, 0.15) is 15.9 Å². The molecular weight excluding hydrogens is 288 g/mol. The van der Waals surface area contributed by atoms with E-state index >= 15 is 0 Å². The highest BCUT2D eigenvalue weighted by atomic mass is 19.2. The molecule has 0 fully saturated rings. The second-order valence-electron chi connectivity index (χ2n) is 4.03. The minimum Gasteiger partial charge on any atom is -0.384 e. The number of aromatic nitrogens is 2. The number of rotatable bonds is 4. The molecule has 0 aliphatic carbocycles. The SMILES string of the molecule is Nc1[nH]ncc1CNC(=O)c1cc(F)c(F)cc1[N+](=O)[O-]. The number of hydrogen-bond acceptors (Lipinski definition) is 5. The molecule has 0 bridgehead atoms. The fourth-order valence-corrected chi connectivity index (χ4v) is 1.60. The van der Waals surface area contributed by atoms with Crippen LogP contribution >= 0.6 is 0 Å². The molecule has 0 unspecified atom stereocenters. The minimum atomic E-state index is -1.41. The Hall–Kier alpha value is -3.04. The van der Waals surface area contributed by atoms with Gasteiger partial charge in [0, 0.05) is 12.1 Å². The number of nitro groups is 1. The lowest BCUT2D eigenvalue weighted by molar-refractivity contribution is -0.385. The van der Waals surface area contributed by atoms with E-state index in [9.17, 15) is 23.7 Å². The molecule has 0 saturated heterocycles. The average molecular weight is 297 g/mol. The van der Waals surface area contributed by atoms with Crippen molar-refractivity contribution in [3.8, 4) is 0 Å². The van der Waals surface area contributed by atoms with Gasteiger partial charge in [0.2, 0.25) is 0 Å². The van der Waals surface area contributed by atoms with E-state index in [1.54, 1.807) is 0 Å². The number of nitrogen functional groups attached to an aromatic ring is 1. The van der Waals surface area contributed by atoms with Crippen molar-refractivity contribution in [2.75, 3.05) is 5.73 Å². The number of halogens is 2. The first-order chi connectivity index (χ1) is 9.90. The van der Waals surface area contributed by atoms with Gasteiger partial charge in [0.05, 0.1) is 17.2 Å². The summed E-state index contributed by atoms with van der Waals surface area (Å²) in [5.74, 6) is -3.47. The zero-order chi connectivity index (χ0) is 15.6. The molecule has 2 rings (SSSR count). The Balaban J connectivity index is 2.24. The molecule has 1 aromatic carbocycles. The number of benzene rings is 1. The molecule has 1 aromatic heterocycles. The van der Waals surface area contributed by atoms with Gasteiger partial charge in [-0.15, -0.1) is 0 Å². The Morgan fingerprint density at radius 2 is 2.10 bits per heavy atom. The fraction of sp³-hybridized carbons (Fsp3) is 0.0909. The highest BCUT2D eigenvalue weighted by Crippen LogP contribution is 2.22. The van der Waals surface area contributed by atoms with E-state index < -0.39 is 33.7 Å². The molecule has 0 aliphatic heterocycles. The molecule has 0 aliphatic rings. The van der Waals surface area contributed by atoms with E-state index in [1.165, 1.54) is 6.20 Å². The van der Waals surface area contributed by atoms with E-state index in [0.717, 1.165) is 0 Å². The topological polar surface area (TPSA) is 127 Å². The average Bonchev–Trinajstić information content (AvgIpc) is 2.84. The smallest absolute Gasteiger partial charge is 0.285 e. The van der Waals surface area contributed by atoms with Crippen molar-refractivity contribution in [2.24, 2.45) is 0 Å². The largest absolute Gasteiger partial charge is 0.384 e. The van der Waals surface area contributed by atoms with Crippen LogP contribution in [-0.4, -0.2) is 21.0 Å². The van der Waals surface area contributed by atoms with Crippen molar-refractivity contribution in [1.29, 1.82) is 0 Å². The quantitative estimate of drug-likeness (QED) is 0.575. The maximum atomic E-state index is 13.1. The van der Waals surface area contributed by atoms with Crippen LogP contribution < -0.4 is 11.1 Å². The van der Waals surface area contributed by atoms with Crippen molar-refractivity contribution in [3.63, 3.8) is 0 Å². The van der Waals surface area contributed by atoms with Gasteiger partial charge >= 0.3 is 0 Å². The van der Waals surface area contributed by atoms with Crippen LogP contribution in [0.3, 0.4) is 0 Å². The fourth-order valence-electron chi connectivity index (χ4n) is 1.60. The summed E-state index contributed by atoms with van der Waals surface area (Å²) in [6.07, 6.45) is 1.36. The summed E-state index contributed by atoms with van der Waals surface area (Å²) >= 11 is 0. The highest BCUT2D eigenvalue weighted by Gasteiger charge is 2.23. The van der Waals surface area contributed by atoms with Crippen molar-refractivity contribution in [1.82, 2.24) is 15.5 Å². The number of hydrogen-bond donors (Lipinski definition) is 3. The van der Waals surface area contributed by atoms with Crippen molar-refractivity contribution in [2.45, 2.75) is 6.54 Å². The lowest BCUT2D eigenvalue weighted by Crippen LogP contribution is -2.24. The van der Waals surface area contributed by atoms with E-state index in [1.807, 2.05) is 0 Å². The molecule has 110 valence electrons. The number of nitrogens with one attached hydrogen (secondary N) is 2. The third kappa shape index (κ3) is 2.94. The predicted molar refractivity (Wildman–Crippen MR) is 67.2 cm³/mol. The summed E-state index contributed by atoms with van der Waals surface area (Å²) in [7, 11) is 0. The zero-order valence-corrected chi connectivity index (χ0v) is 10.4. The first-order valence-corrected chi connectivity index (χ1v) is 5.59. The van der Waals surface area contributed by atoms with Crippen molar-refractivity contribution >= 4 is 17.4 Å². The van der Waals surface area contributed by atoms with Crippen LogP contribution in [0.4, 0.5) is 20.3 Å². The molecule has 2 aromatic rings. The summed E-state index contributed by atoms with van der Waals surface area (Å²) in [5, 5.41) is 19.2. The molecule has 8 nitrogen and oxygen atoms in total. The molecule has 0 saturated carbocycles. The van der Waals surface area contributed by atoms with Gasteiger partial charge in [-0.2, -0.15) is 5.10 Å². The normalized spacial score (nSPS) is 10.4. The Morgan fingerprint density at radius 1 is 1.43 bits per heavy atom. The third-order valence-electron chi connectivity index (χ3n) is 2.67. The van der Waals surface area contributed by atoms with E-state index in [2.05, 4.69) is 15.5 Å². The summed E-state index contributed by atoms with van der Waals surface area (Å²) < 4.78 is 26.2. The van der Waals surface area contributed by atoms with Gasteiger partial charge < -0.3 is 11.1 Å². The maximum Gasteiger partial charge on any atom is 0.285 e. The molecule has 21 heavy (non-hydrogen) atoms. The monoisotopic (exact) mass is 297 g/mol. The second-order valence-corrected chi connectivity index (χ2v) is 4.03. The number of nitrogens with zero attached hydrogens (tertiary/aromatic N) is 2. The molecule has 10 heteroatoms. The van der Waals surface area contributed by atoms with Crippen LogP contribution in [-0.2, 0) is 6.54 Å². The van der Waals surface area contributed by atoms with Crippen LogP contribution in [0.2, 0.25) is 0 Å². The molecule has 0 atom stereocenters. The van der Waals surface area contributed by atoms with E-state index in [0.29, 0.717) is 17.7 Å². The first kappa shape index (κ1) is 14.4. The lowest BCUT2D eigenvalue weighted by atomic mass is 10.1. The van der Waals surface area contributed by atoms with Gasteiger partial charge in [-0.25, -0.2) is 8.78 Å². The lowest BCUT2D eigenvalue weighted by Gasteiger charge is -2.06. The van der Waals surface area contributed by atoms with Gasteiger partial charge in [0.15, 0.2) is 11.6 Å². The molecule has 4 N–H and O–H groups in total. The number of anilines is 1. The highest BCUT2D eigenvalue weighted by molar-refractivity contribution is 5.98. The molecular formula is C11H9F2N5O3. The second kappa shape index (κ2) is 5.53. The Kier molecular flexibility index (Phi) is 3.78. The zero-order valence-electron chi connectivity index (χ0n) is 10.4. The predicted octanol–water partition coefficient (Wildman–Crippen LogP) is 1.11. The number of H-pyrrole nitrogens is 1. The van der Waals surface area contributed by atoms with Gasteiger partial charge in [0.1, 0.15) is 11.4 Å². The van der Waals surface area contributed by atoms with Crippen LogP contribution in [0.15, 0.2) is 18.3 Å². The van der Waals surface area contributed by atoms with Gasteiger partial charge in [0.25, 0.3) is 11.6 Å². The molecule has 1 heterocycles. The number of carbonyl (C=O) groups is 1. The maximum absolute atomic E-state index is 13.1.